The first-order valence-corrected chi connectivity index (χ1v) is 7.30. The second-order valence-electron chi connectivity index (χ2n) is 5.00. The SMILES string of the molecule is O=C1/C(=C/Nc2ccc(F)cc2)CCN1c1ccc(Cl)cc1. The second-order valence-corrected chi connectivity index (χ2v) is 5.44. The molecule has 112 valence electrons. The molecule has 1 aliphatic heterocycles. The predicted molar refractivity (Wildman–Crippen MR) is 86.5 cm³/mol. The average molecular weight is 317 g/mol. The zero-order valence-corrected chi connectivity index (χ0v) is 12.5. The fourth-order valence-corrected chi connectivity index (χ4v) is 2.46. The highest BCUT2D eigenvalue weighted by Crippen LogP contribution is 2.26. The molecule has 1 fully saturated rings. The number of halogens is 2. The quantitative estimate of drug-likeness (QED) is 0.860. The largest absolute Gasteiger partial charge is 0.361 e. The van der Waals surface area contributed by atoms with Crippen molar-refractivity contribution in [1.29, 1.82) is 0 Å². The van der Waals surface area contributed by atoms with E-state index in [1.807, 2.05) is 12.1 Å². The summed E-state index contributed by atoms with van der Waals surface area (Å²) in [6, 6.07) is 13.2. The Balaban J connectivity index is 1.71. The Kier molecular flexibility index (Phi) is 4.11. The lowest BCUT2D eigenvalue weighted by Crippen LogP contribution is -2.24. The highest BCUT2D eigenvalue weighted by molar-refractivity contribution is 6.30. The minimum atomic E-state index is -0.288. The van der Waals surface area contributed by atoms with E-state index in [2.05, 4.69) is 5.32 Å². The van der Waals surface area contributed by atoms with Crippen molar-refractivity contribution in [2.75, 3.05) is 16.8 Å². The molecule has 1 N–H and O–H groups in total. The minimum Gasteiger partial charge on any atom is -0.361 e. The molecule has 5 heteroatoms. The Morgan fingerprint density at radius 2 is 1.77 bits per heavy atom. The standard InChI is InChI=1S/C17H14ClFN2O/c18-13-1-7-16(8-2-13)21-10-9-12(17(21)22)11-20-15-5-3-14(19)4-6-15/h1-8,11,20H,9-10H2/b12-11+. The first kappa shape index (κ1) is 14.6. The lowest BCUT2D eigenvalue weighted by molar-refractivity contribution is -0.114. The van der Waals surface area contributed by atoms with Gasteiger partial charge in [-0.25, -0.2) is 4.39 Å². The molecule has 0 atom stereocenters. The van der Waals surface area contributed by atoms with Crippen LogP contribution in [0.15, 0.2) is 60.3 Å². The van der Waals surface area contributed by atoms with E-state index in [0.717, 1.165) is 11.4 Å². The fraction of sp³-hybridized carbons (Fsp3) is 0.118. The smallest absolute Gasteiger partial charge is 0.255 e. The number of amides is 1. The van der Waals surface area contributed by atoms with E-state index < -0.39 is 0 Å². The average Bonchev–Trinajstić information content (AvgIpc) is 2.89. The number of nitrogens with zero attached hydrogens (tertiary/aromatic N) is 1. The summed E-state index contributed by atoms with van der Waals surface area (Å²) in [7, 11) is 0. The van der Waals surface area contributed by atoms with Crippen molar-refractivity contribution >= 4 is 28.9 Å². The molecule has 2 aromatic rings. The molecule has 22 heavy (non-hydrogen) atoms. The van der Waals surface area contributed by atoms with Crippen LogP contribution in [0.4, 0.5) is 15.8 Å². The number of anilines is 2. The van der Waals surface area contributed by atoms with E-state index in [9.17, 15) is 9.18 Å². The molecular formula is C17H14ClFN2O. The maximum Gasteiger partial charge on any atom is 0.255 e. The zero-order chi connectivity index (χ0) is 15.5. The highest BCUT2D eigenvalue weighted by atomic mass is 35.5. The van der Waals surface area contributed by atoms with Crippen LogP contribution >= 0.6 is 11.6 Å². The van der Waals surface area contributed by atoms with Crippen molar-refractivity contribution in [3.63, 3.8) is 0 Å². The molecule has 3 rings (SSSR count). The summed E-state index contributed by atoms with van der Waals surface area (Å²) in [6.45, 7) is 0.636. The van der Waals surface area contributed by atoms with Crippen LogP contribution in [0.1, 0.15) is 6.42 Å². The van der Waals surface area contributed by atoms with E-state index in [0.29, 0.717) is 23.6 Å². The van der Waals surface area contributed by atoms with Crippen LogP contribution in [0.25, 0.3) is 0 Å². The normalized spacial score (nSPS) is 16.4. The number of carbonyl (C=O) groups excluding carboxylic acids is 1. The Labute approximate surface area is 133 Å². The van der Waals surface area contributed by atoms with Crippen LogP contribution < -0.4 is 10.2 Å². The highest BCUT2D eigenvalue weighted by Gasteiger charge is 2.26. The van der Waals surface area contributed by atoms with Crippen LogP contribution in [0.5, 0.6) is 0 Å². The molecule has 0 aromatic heterocycles. The predicted octanol–water partition coefficient (Wildman–Crippen LogP) is 4.21. The third kappa shape index (κ3) is 3.12. The van der Waals surface area contributed by atoms with E-state index in [-0.39, 0.29) is 11.7 Å². The summed E-state index contributed by atoms with van der Waals surface area (Å²) in [5.74, 6) is -0.319. The second kappa shape index (κ2) is 6.20. The van der Waals surface area contributed by atoms with Gasteiger partial charge in [-0.2, -0.15) is 0 Å². The van der Waals surface area contributed by atoms with Crippen LogP contribution in [0.2, 0.25) is 5.02 Å². The molecule has 0 aliphatic carbocycles. The topological polar surface area (TPSA) is 32.3 Å². The van der Waals surface area contributed by atoms with Crippen molar-refractivity contribution in [3.8, 4) is 0 Å². The molecule has 1 heterocycles. The van der Waals surface area contributed by atoms with Gasteiger partial charge in [-0.15, -0.1) is 0 Å². The Morgan fingerprint density at radius 1 is 1.09 bits per heavy atom. The third-order valence-corrected chi connectivity index (χ3v) is 3.77. The number of rotatable bonds is 3. The fourth-order valence-electron chi connectivity index (χ4n) is 2.33. The number of hydrogen-bond acceptors (Lipinski definition) is 2. The van der Waals surface area contributed by atoms with Gasteiger partial charge in [0.2, 0.25) is 0 Å². The number of carbonyl (C=O) groups is 1. The lowest BCUT2D eigenvalue weighted by Gasteiger charge is -2.15. The van der Waals surface area contributed by atoms with Crippen molar-refractivity contribution in [2.45, 2.75) is 6.42 Å². The molecular weight excluding hydrogens is 303 g/mol. The van der Waals surface area contributed by atoms with Crippen molar-refractivity contribution in [1.82, 2.24) is 0 Å². The Hall–Kier alpha value is -2.33. The Bertz CT molecular complexity index is 710. The van der Waals surface area contributed by atoms with E-state index in [1.165, 1.54) is 12.1 Å². The summed E-state index contributed by atoms with van der Waals surface area (Å²) in [6.07, 6.45) is 2.35. The van der Waals surface area contributed by atoms with Crippen molar-refractivity contribution in [2.24, 2.45) is 0 Å². The molecule has 0 radical (unpaired) electrons. The van der Waals surface area contributed by atoms with Crippen LogP contribution in [0.3, 0.4) is 0 Å². The van der Waals surface area contributed by atoms with Gasteiger partial charge in [0, 0.05) is 34.7 Å². The first-order chi connectivity index (χ1) is 10.6. The van der Waals surface area contributed by atoms with Gasteiger partial charge in [-0.3, -0.25) is 4.79 Å². The molecule has 0 bridgehead atoms. The van der Waals surface area contributed by atoms with Gasteiger partial charge in [-0.1, -0.05) is 11.6 Å². The maximum atomic E-state index is 12.8. The van der Waals surface area contributed by atoms with E-state index >= 15 is 0 Å². The number of hydrogen-bond donors (Lipinski definition) is 1. The van der Waals surface area contributed by atoms with E-state index in [4.69, 9.17) is 11.6 Å². The van der Waals surface area contributed by atoms with Gasteiger partial charge < -0.3 is 10.2 Å². The van der Waals surface area contributed by atoms with Gasteiger partial charge in [0.25, 0.3) is 5.91 Å². The summed E-state index contributed by atoms with van der Waals surface area (Å²) < 4.78 is 12.8. The molecule has 0 unspecified atom stereocenters. The molecule has 0 saturated carbocycles. The lowest BCUT2D eigenvalue weighted by atomic mass is 10.2. The molecule has 2 aromatic carbocycles. The zero-order valence-electron chi connectivity index (χ0n) is 11.7. The van der Waals surface area contributed by atoms with Gasteiger partial charge in [0.1, 0.15) is 5.82 Å². The van der Waals surface area contributed by atoms with Gasteiger partial charge >= 0.3 is 0 Å². The molecule has 3 nitrogen and oxygen atoms in total. The van der Waals surface area contributed by atoms with Crippen LogP contribution in [-0.4, -0.2) is 12.5 Å². The third-order valence-electron chi connectivity index (χ3n) is 3.52. The summed E-state index contributed by atoms with van der Waals surface area (Å²) in [5.41, 5.74) is 2.27. The van der Waals surface area contributed by atoms with Gasteiger partial charge in [0.15, 0.2) is 0 Å². The summed E-state index contributed by atoms with van der Waals surface area (Å²) in [5, 5.41) is 3.67. The van der Waals surface area contributed by atoms with Gasteiger partial charge in [0.05, 0.1) is 0 Å². The van der Waals surface area contributed by atoms with Crippen LogP contribution in [0, 0.1) is 5.82 Å². The van der Waals surface area contributed by atoms with Crippen LogP contribution in [-0.2, 0) is 4.79 Å². The molecule has 1 aliphatic rings. The Morgan fingerprint density at radius 3 is 2.45 bits per heavy atom. The number of nitrogens with one attached hydrogen (secondary N) is 1. The first-order valence-electron chi connectivity index (χ1n) is 6.92. The molecule has 1 saturated heterocycles. The molecule has 1 amide bonds. The van der Waals surface area contributed by atoms with E-state index in [1.54, 1.807) is 35.4 Å². The minimum absolute atomic E-state index is 0.0306. The summed E-state index contributed by atoms with van der Waals surface area (Å²) in [4.78, 5) is 14.1. The van der Waals surface area contributed by atoms with Gasteiger partial charge in [-0.05, 0) is 55.0 Å². The monoisotopic (exact) mass is 316 g/mol. The maximum absolute atomic E-state index is 12.8. The summed E-state index contributed by atoms with van der Waals surface area (Å²) >= 11 is 5.86. The molecule has 0 spiro atoms. The van der Waals surface area contributed by atoms with Crippen molar-refractivity contribution in [3.05, 3.63) is 71.1 Å². The number of benzene rings is 2. The van der Waals surface area contributed by atoms with Crippen molar-refractivity contribution < 1.29 is 9.18 Å².